The number of amides is 1. The number of aromatic nitrogens is 2. The SMILES string of the molecule is COc1ccc(-c2ccc(-c3n[nH]c4ccc(NC(=O)C(CCN)c5ccccc5)cc34)cc2)cc1. The van der Waals surface area contributed by atoms with Crippen molar-refractivity contribution >= 4 is 22.5 Å². The number of ether oxygens (including phenoxy) is 1. The largest absolute Gasteiger partial charge is 0.497 e. The molecule has 1 heterocycles. The molecule has 0 aliphatic carbocycles. The van der Waals surface area contributed by atoms with Crippen molar-refractivity contribution in [2.24, 2.45) is 5.73 Å². The smallest absolute Gasteiger partial charge is 0.231 e. The minimum absolute atomic E-state index is 0.0695. The molecule has 1 amide bonds. The van der Waals surface area contributed by atoms with E-state index in [0.29, 0.717) is 13.0 Å². The Hall–Kier alpha value is -4.42. The second-order valence-electron chi connectivity index (χ2n) is 8.67. The number of hydrogen-bond acceptors (Lipinski definition) is 4. The van der Waals surface area contributed by atoms with E-state index in [1.165, 1.54) is 0 Å². The molecule has 0 spiro atoms. The molecule has 6 nitrogen and oxygen atoms in total. The molecule has 180 valence electrons. The first kappa shape index (κ1) is 23.3. The zero-order valence-corrected chi connectivity index (χ0v) is 20.1. The molecule has 4 N–H and O–H groups in total. The monoisotopic (exact) mass is 476 g/mol. The van der Waals surface area contributed by atoms with Crippen LogP contribution >= 0.6 is 0 Å². The maximum atomic E-state index is 13.1. The van der Waals surface area contributed by atoms with Crippen LogP contribution in [0.1, 0.15) is 17.9 Å². The van der Waals surface area contributed by atoms with Gasteiger partial charge in [-0.3, -0.25) is 9.89 Å². The molecular weight excluding hydrogens is 448 g/mol. The number of rotatable bonds is 8. The van der Waals surface area contributed by atoms with Crippen LogP contribution in [0.25, 0.3) is 33.3 Å². The molecule has 0 saturated carbocycles. The van der Waals surface area contributed by atoms with Gasteiger partial charge in [-0.2, -0.15) is 5.10 Å². The molecule has 0 bridgehead atoms. The van der Waals surface area contributed by atoms with Crippen LogP contribution < -0.4 is 15.8 Å². The Morgan fingerprint density at radius 1 is 0.917 bits per heavy atom. The number of benzene rings is 4. The van der Waals surface area contributed by atoms with Crippen LogP contribution in [0.2, 0.25) is 0 Å². The number of nitrogens with zero attached hydrogens (tertiary/aromatic N) is 1. The second kappa shape index (κ2) is 10.5. The highest BCUT2D eigenvalue weighted by atomic mass is 16.5. The standard InChI is InChI=1S/C30H28N4O2/c1-36-25-14-11-21(12-15-25)20-7-9-23(10-8-20)29-27-19-24(13-16-28(27)33-34-29)32-30(35)26(17-18-31)22-5-3-2-4-6-22/h2-16,19,26H,17-18,31H2,1H3,(H,32,35)(H,33,34). The van der Waals surface area contributed by atoms with Crippen molar-refractivity contribution < 1.29 is 9.53 Å². The van der Waals surface area contributed by atoms with E-state index in [-0.39, 0.29) is 11.8 Å². The summed E-state index contributed by atoms with van der Waals surface area (Å²) in [5.41, 5.74) is 12.5. The topological polar surface area (TPSA) is 93.0 Å². The summed E-state index contributed by atoms with van der Waals surface area (Å²) in [6.07, 6.45) is 0.579. The number of nitrogens with one attached hydrogen (secondary N) is 2. The highest BCUT2D eigenvalue weighted by Crippen LogP contribution is 2.31. The minimum atomic E-state index is -0.304. The average Bonchev–Trinajstić information content (AvgIpc) is 3.35. The first-order chi connectivity index (χ1) is 17.7. The molecule has 1 unspecified atom stereocenters. The third kappa shape index (κ3) is 4.85. The number of hydrogen-bond donors (Lipinski definition) is 3. The van der Waals surface area contributed by atoms with Gasteiger partial charge in [-0.05, 0) is 60.0 Å². The summed E-state index contributed by atoms with van der Waals surface area (Å²) in [5.74, 6) is 0.459. The zero-order valence-electron chi connectivity index (χ0n) is 20.1. The van der Waals surface area contributed by atoms with E-state index in [0.717, 1.165) is 50.3 Å². The maximum absolute atomic E-state index is 13.1. The highest BCUT2D eigenvalue weighted by Gasteiger charge is 2.20. The van der Waals surface area contributed by atoms with Crippen molar-refractivity contribution in [3.05, 3.63) is 103 Å². The fraction of sp³-hybridized carbons (Fsp3) is 0.133. The molecule has 5 aromatic rings. The van der Waals surface area contributed by atoms with Gasteiger partial charge < -0.3 is 15.8 Å². The van der Waals surface area contributed by atoms with E-state index < -0.39 is 0 Å². The van der Waals surface area contributed by atoms with Crippen molar-refractivity contribution in [1.82, 2.24) is 10.2 Å². The Kier molecular flexibility index (Phi) is 6.78. The zero-order chi connectivity index (χ0) is 24.9. The van der Waals surface area contributed by atoms with Crippen molar-refractivity contribution in [3.8, 4) is 28.1 Å². The molecule has 6 heteroatoms. The number of aromatic amines is 1. The number of anilines is 1. The van der Waals surface area contributed by atoms with Gasteiger partial charge in [0.05, 0.1) is 24.2 Å². The normalized spacial score (nSPS) is 11.8. The Morgan fingerprint density at radius 3 is 2.25 bits per heavy atom. The van der Waals surface area contributed by atoms with Crippen LogP contribution in [0.4, 0.5) is 5.69 Å². The molecule has 0 saturated heterocycles. The number of methoxy groups -OCH3 is 1. The van der Waals surface area contributed by atoms with Gasteiger partial charge in [0.15, 0.2) is 0 Å². The lowest BCUT2D eigenvalue weighted by molar-refractivity contribution is -0.117. The van der Waals surface area contributed by atoms with Gasteiger partial charge in [-0.1, -0.05) is 66.7 Å². The Balaban J connectivity index is 1.39. The number of carbonyl (C=O) groups excluding carboxylic acids is 1. The minimum Gasteiger partial charge on any atom is -0.497 e. The fourth-order valence-electron chi connectivity index (χ4n) is 4.45. The number of carbonyl (C=O) groups is 1. The van der Waals surface area contributed by atoms with Crippen LogP contribution in [0, 0.1) is 0 Å². The van der Waals surface area contributed by atoms with Crippen LogP contribution in [0.5, 0.6) is 5.75 Å². The van der Waals surface area contributed by atoms with Gasteiger partial charge in [0.25, 0.3) is 0 Å². The van der Waals surface area contributed by atoms with Gasteiger partial charge in [0.1, 0.15) is 5.75 Å². The van der Waals surface area contributed by atoms with Gasteiger partial charge in [-0.25, -0.2) is 0 Å². The average molecular weight is 477 g/mol. The van der Waals surface area contributed by atoms with E-state index in [4.69, 9.17) is 10.5 Å². The molecular formula is C30H28N4O2. The first-order valence-electron chi connectivity index (χ1n) is 11.9. The van der Waals surface area contributed by atoms with E-state index in [9.17, 15) is 4.79 Å². The molecule has 0 aliphatic rings. The van der Waals surface area contributed by atoms with Gasteiger partial charge >= 0.3 is 0 Å². The first-order valence-corrected chi connectivity index (χ1v) is 11.9. The van der Waals surface area contributed by atoms with Crippen LogP contribution in [0.3, 0.4) is 0 Å². The lowest BCUT2D eigenvalue weighted by Crippen LogP contribution is -2.23. The predicted molar refractivity (Wildman–Crippen MR) is 145 cm³/mol. The summed E-state index contributed by atoms with van der Waals surface area (Å²) in [4.78, 5) is 13.1. The molecule has 4 aromatic carbocycles. The summed E-state index contributed by atoms with van der Waals surface area (Å²) >= 11 is 0. The van der Waals surface area contributed by atoms with Gasteiger partial charge in [-0.15, -0.1) is 0 Å². The lowest BCUT2D eigenvalue weighted by atomic mass is 9.94. The number of fused-ring (bicyclic) bond motifs is 1. The van der Waals surface area contributed by atoms with Crippen molar-refractivity contribution in [3.63, 3.8) is 0 Å². The van der Waals surface area contributed by atoms with Gasteiger partial charge in [0, 0.05) is 16.6 Å². The summed E-state index contributed by atoms with van der Waals surface area (Å²) in [6.45, 7) is 0.435. The molecule has 1 aromatic heterocycles. The molecule has 1 atom stereocenters. The van der Waals surface area contributed by atoms with Crippen LogP contribution in [0.15, 0.2) is 97.1 Å². The Morgan fingerprint density at radius 2 is 1.58 bits per heavy atom. The van der Waals surface area contributed by atoms with Crippen LogP contribution in [-0.4, -0.2) is 29.8 Å². The molecule has 0 fully saturated rings. The Bertz CT molecular complexity index is 1460. The summed E-state index contributed by atoms with van der Waals surface area (Å²) < 4.78 is 5.25. The highest BCUT2D eigenvalue weighted by molar-refractivity contribution is 6.00. The van der Waals surface area contributed by atoms with Crippen molar-refractivity contribution in [1.29, 1.82) is 0 Å². The quantitative estimate of drug-likeness (QED) is 0.257. The fourth-order valence-corrected chi connectivity index (χ4v) is 4.45. The Labute approximate surface area is 210 Å². The number of H-pyrrole nitrogens is 1. The summed E-state index contributed by atoms with van der Waals surface area (Å²) in [6, 6.07) is 31.8. The van der Waals surface area contributed by atoms with Crippen LogP contribution in [-0.2, 0) is 4.79 Å². The van der Waals surface area contributed by atoms with Crippen molar-refractivity contribution in [2.45, 2.75) is 12.3 Å². The maximum Gasteiger partial charge on any atom is 0.231 e. The molecule has 0 aliphatic heterocycles. The van der Waals surface area contributed by atoms with Gasteiger partial charge in [0.2, 0.25) is 5.91 Å². The lowest BCUT2D eigenvalue weighted by Gasteiger charge is -2.16. The van der Waals surface area contributed by atoms with E-state index >= 15 is 0 Å². The predicted octanol–water partition coefficient (Wildman–Crippen LogP) is 5.98. The second-order valence-corrected chi connectivity index (χ2v) is 8.67. The third-order valence-electron chi connectivity index (χ3n) is 6.39. The van der Waals surface area contributed by atoms with E-state index in [1.807, 2.05) is 72.8 Å². The molecule has 0 radical (unpaired) electrons. The molecule has 5 rings (SSSR count). The third-order valence-corrected chi connectivity index (χ3v) is 6.39. The summed E-state index contributed by atoms with van der Waals surface area (Å²) in [7, 11) is 1.66. The number of nitrogens with two attached hydrogens (primary N) is 1. The summed E-state index contributed by atoms with van der Waals surface area (Å²) in [5, 5.41) is 11.7. The van der Waals surface area contributed by atoms with E-state index in [1.54, 1.807) is 7.11 Å². The molecule has 36 heavy (non-hydrogen) atoms. The van der Waals surface area contributed by atoms with Crippen molar-refractivity contribution in [2.75, 3.05) is 19.0 Å². The van der Waals surface area contributed by atoms with E-state index in [2.05, 4.69) is 39.8 Å².